The number of anilines is 1. The van der Waals surface area contributed by atoms with Crippen LogP contribution in [0.1, 0.15) is 11.4 Å². The van der Waals surface area contributed by atoms with Crippen LogP contribution in [-0.2, 0) is 16.3 Å². The molecule has 0 saturated carbocycles. The second-order valence-electron chi connectivity index (χ2n) is 9.34. The molecule has 1 aliphatic heterocycles. The molecule has 1 aliphatic rings. The Hall–Kier alpha value is -3.61. The Morgan fingerprint density at radius 1 is 1.16 bits per heavy atom. The van der Waals surface area contributed by atoms with E-state index in [-0.39, 0.29) is 0 Å². The van der Waals surface area contributed by atoms with E-state index in [1.54, 1.807) is 29.2 Å². The molecule has 1 aromatic carbocycles. The van der Waals surface area contributed by atoms with Crippen molar-refractivity contribution in [2.24, 2.45) is 0 Å². The minimum absolute atomic E-state index is 0.304. The highest BCUT2D eigenvalue weighted by molar-refractivity contribution is 7.97. The number of furan rings is 1. The minimum Gasteiger partial charge on any atom is -0.496 e. The fourth-order valence-electron chi connectivity index (χ4n) is 4.47. The lowest BCUT2D eigenvalue weighted by atomic mass is 10.2. The van der Waals surface area contributed by atoms with E-state index in [4.69, 9.17) is 18.9 Å². The van der Waals surface area contributed by atoms with Gasteiger partial charge in [-0.2, -0.15) is 5.10 Å². The van der Waals surface area contributed by atoms with Crippen LogP contribution in [0.2, 0.25) is 0 Å². The van der Waals surface area contributed by atoms with E-state index >= 15 is 0 Å². The molecule has 10 nitrogen and oxygen atoms in total. The molecule has 0 N–H and O–H groups in total. The Kier molecular flexibility index (Phi) is 6.25. The van der Waals surface area contributed by atoms with E-state index in [2.05, 4.69) is 20.9 Å². The van der Waals surface area contributed by atoms with Gasteiger partial charge in [0, 0.05) is 59.7 Å². The Morgan fingerprint density at radius 2 is 1.97 bits per heavy atom. The number of benzene rings is 1. The topological polar surface area (TPSA) is 98.2 Å². The zero-order chi connectivity index (χ0) is 26.4. The average molecular weight is 553 g/mol. The third-order valence-corrected chi connectivity index (χ3v) is 8.89. The Morgan fingerprint density at radius 3 is 2.74 bits per heavy atom. The van der Waals surface area contributed by atoms with E-state index < -0.39 is 9.71 Å². The molecule has 0 amide bonds. The summed E-state index contributed by atoms with van der Waals surface area (Å²) in [4.78, 5) is 11.6. The number of aromatic nitrogens is 4. The van der Waals surface area contributed by atoms with Crippen molar-refractivity contribution in [3.05, 3.63) is 53.3 Å². The van der Waals surface area contributed by atoms with Crippen LogP contribution < -0.4 is 14.4 Å². The molecular formula is C26H28N6O4S2. The standard InChI is InChI=1S/C26H28N6O4S2/c1-17-5-6-25-28-21(14-32(25)29-17)24-13-20-22(11-19(34-2)12-23(20)36-24)35-15-18-16-37-26(27-18)30-7-9-31(10-8-30)38(3,4)33/h5-6,11-14,16H,3,7-10,15H2,1-2,4H3. The summed E-state index contributed by atoms with van der Waals surface area (Å²) in [7, 11) is -0.557. The predicted octanol–water partition coefficient (Wildman–Crippen LogP) is 3.88. The van der Waals surface area contributed by atoms with Crippen molar-refractivity contribution >= 4 is 48.7 Å². The van der Waals surface area contributed by atoms with Gasteiger partial charge in [0.05, 0.1) is 30.1 Å². The van der Waals surface area contributed by atoms with Crippen molar-refractivity contribution in [2.75, 3.05) is 44.4 Å². The van der Waals surface area contributed by atoms with Gasteiger partial charge in [-0.3, -0.25) is 4.21 Å². The molecule has 198 valence electrons. The molecule has 0 spiro atoms. The first kappa shape index (κ1) is 24.7. The van der Waals surface area contributed by atoms with Crippen LogP contribution in [0.25, 0.3) is 28.1 Å². The normalized spacial score (nSPS) is 16.2. The number of piperazine rings is 1. The quantitative estimate of drug-likeness (QED) is 0.281. The number of hydrogen-bond donors (Lipinski definition) is 0. The molecule has 5 heterocycles. The number of methoxy groups -OCH3 is 1. The first-order chi connectivity index (χ1) is 18.3. The average Bonchev–Trinajstić information content (AvgIpc) is 3.64. The fraction of sp³-hybridized carbons (Fsp3) is 0.308. The number of aryl methyl sites for hydroxylation is 1. The fourth-order valence-corrected chi connectivity index (χ4v) is 6.27. The summed E-state index contributed by atoms with van der Waals surface area (Å²) in [5.74, 6) is 5.69. The van der Waals surface area contributed by atoms with Crippen molar-refractivity contribution in [1.29, 1.82) is 0 Å². The monoisotopic (exact) mass is 552 g/mol. The molecule has 38 heavy (non-hydrogen) atoms. The van der Waals surface area contributed by atoms with Crippen molar-refractivity contribution in [3.8, 4) is 23.0 Å². The van der Waals surface area contributed by atoms with E-state index in [1.165, 1.54) is 0 Å². The van der Waals surface area contributed by atoms with Crippen molar-refractivity contribution in [2.45, 2.75) is 13.5 Å². The predicted molar refractivity (Wildman–Crippen MR) is 151 cm³/mol. The number of nitrogens with zero attached hydrogens (tertiary/aromatic N) is 6. The highest BCUT2D eigenvalue weighted by atomic mass is 32.2. The van der Waals surface area contributed by atoms with Gasteiger partial charge in [-0.05, 0) is 31.0 Å². The summed E-state index contributed by atoms with van der Waals surface area (Å²) in [6.45, 7) is 5.18. The maximum Gasteiger partial charge on any atom is 0.185 e. The number of ether oxygens (including phenoxy) is 2. The van der Waals surface area contributed by atoms with E-state index in [9.17, 15) is 4.21 Å². The minimum atomic E-state index is -2.17. The first-order valence-corrected chi connectivity index (χ1v) is 15.1. The summed E-state index contributed by atoms with van der Waals surface area (Å²) >= 11 is 1.59. The highest BCUT2D eigenvalue weighted by Crippen LogP contribution is 2.37. The van der Waals surface area contributed by atoms with Crippen LogP contribution in [0.5, 0.6) is 11.5 Å². The Labute approximate surface area is 224 Å². The zero-order valence-electron chi connectivity index (χ0n) is 21.4. The number of fused-ring (bicyclic) bond motifs is 2. The number of hydrogen-bond acceptors (Lipinski definition) is 9. The molecule has 1 saturated heterocycles. The third kappa shape index (κ3) is 4.82. The van der Waals surface area contributed by atoms with Gasteiger partial charge in [0.1, 0.15) is 29.4 Å². The second kappa shape index (κ2) is 9.61. The lowest BCUT2D eigenvalue weighted by molar-refractivity contribution is 0.303. The lowest BCUT2D eigenvalue weighted by Crippen LogP contribution is -2.48. The Balaban J connectivity index is 1.21. The van der Waals surface area contributed by atoms with Crippen molar-refractivity contribution in [1.82, 2.24) is 23.9 Å². The van der Waals surface area contributed by atoms with Gasteiger partial charge >= 0.3 is 0 Å². The molecule has 5 aromatic rings. The van der Waals surface area contributed by atoms with Crippen LogP contribution in [0.4, 0.5) is 5.13 Å². The van der Waals surface area contributed by atoms with Gasteiger partial charge in [-0.15, -0.1) is 11.3 Å². The molecule has 1 atom stereocenters. The van der Waals surface area contributed by atoms with Gasteiger partial charge in [0.2, 0.25) is 0 Å². The van der Waals surface area contributed by atoms with E-state index in [0.29, 0.717) is 48.2 Å². The molecule has 12 heteroatoms. The van der Waals surface area contributed by atoms with Crippen LogP contribution in [0.15, 0.2) is 46.3 Å². The highest BCUT2D eigenvalue weighted by Gasteiger charge is 2.22. The lowest BCUT2D eigenvalue weighted by Gasteiger charge is -2.34. The van der Waals surface area contributed by atoms with Gasteiger partial charge in [0.15, 0.2) is 16.5 Å². The van der Waals surface area contributed by atoms with Crippen LogP contribution in [-0.4, -0.2) is 73.5 Å². The van der Waals surface area contributed by atoms with E-state index in [1.807, 2.05) is 53.1 Å². The number of imidazole rings is 1. The first-order valence-electron chi connectivity index (χ1n) is 12.1. The molecular weight excluding hydrogens is 524 g/mol. The maximum atomic E-state index is 12.2. The van der Waals surface area contributed by atoms with Gasteiger partial charge in [-0.1, -0.05) is 0 Å². The van der Waals surface area contributed by atoms with Crippen LogP contribution in [0.3, 0.4) is 0 Å². The van der Waals surface area contributed by atoms with Gasteiger partial charge in [0.25, 0.3) is 0 Å². The molecule has 6 rings (SSSR count). The van der Waals surface area contributed by atoms with Crippen molar-refractivity contribution < 1.29 is 18.1 Å². The summed E-state index contributed by atoms with van der Waals surface area (Å²) in [6, 6.07) is 9.47. The SMILES string of the molecule is C=S(C)(=O)N1CCN(c2nc(COc3cc(OC)cc4oc(-c5cn6nc(C)ccc6n5)cc34)cs2)CC1. The molecule has 1 fully saturated rings. The number of rotatable bonds is 7. The molecule has 4 aromatic heterocycles. The Bertz CT molecular complexity index is 1730. The van der Waals surface area contributed by atoms with Crippen LogP contribution >= 0.6 is 11.3 Å². The molecule has 0 aliphatic carbocycles. The maximum absolute atomic E-state index is 12.2. The summed E-state index contributed by atoms with van der Waals surface area (Å²) < 4.78 is 33.8. The third-order valence-electron chi connectivity index (χ3n) is 6.49. The molecule has 0 bridgehead atoms. The van der Waals surface area contributed by atoms with Crippen molar-refractivity contribution in [3.63, 3.8) is 0 Å². The summed E-state index contributed by atoms with van der Waals surface area (Å²) in [5.41, 5.74) is 3.82. The van der Waals surface area contributed by atoms with Gasteiger partial charge < -0.3 is 18.8 Å². The smallest absolute Gasteiger partial charge is 0.185 e. The summed E-state index contributed by atoms with van der Waals surface area (Å²) in [5, 5.41) is 8.24. The molecule has 1 unspecified atom stereocenters. The largest absolute Gasteiger partial charge is 0.496 e. The second-order valence-corrected chi connectivity index (χ2v) is 12.6. The van der Waals surface area contributed by atoms with Gasteiger partial charge in [-0.25, -0.2) is 18.8 Å². The zero-order valence-corrected chi connectivity index (χ0v) is 23.0. The van der Waals surface area contributed by atoms with E-state index in [0.717, 1.165) is 40.6 Å². The molecule has 0 radical (unpaired) electrons. The summed E-state index contributed by atoms with van der Waals surface area (Å²) in [6.07, 6.45) is 3.54. The van der Waals surface area contributed by atoms with Crippen LogP contribution in [0, 0.1) is 6.92 Å². The number of thiazole rings is 1.